The van der Waals surface area contributed by atoms with Gasteiger partial charge in [0, 0.05) is 67.7 Å². The first-order valence-electron chi connectivity index (χ1n) is 18.3. The highest BCUT2D eigenvalue weighted by atomic mass is 16.4. The van der Waals surface area contributed by atoms with Crippen molar-refractivity contribution in [1.82, 2.24) is 34.1 Å². The van der Waals surface area contributed by atoms with Gasteiger partial charge in [0.05, 0.1) is 61.8 Å². The first-order valence-corrected chi connectivity index (χ1v) is 18.3. The molecule has 8 aromatic rings. The molecule has 0 saturated heterocycles. The number of nitrogens with one attached hydrogen (secondary N) is 1. The largest absolute Gasteiger partial charge is 0.481 e. The van der Waals surface area contributed by atoms with Crippen molar-refractivity contribution < 1.29 is 19.8 Å². The van der Waals surface area contributed by atoms with Gasteiger partial charge in [-0.15, -0.1) is 0 Å². The van der Waals surface area contributed by atoms with Crippen molar-refractivity contribution in [3.8, 4) is 0 Å². The molecule has 4 atom stereocenters. The second kappa shape index (κ2) is 14.3. The number of benzene rings is 3. The number of carboxylic acids is 2. The van der Waals surface area contributed by atoms with Crippen LogP contribution in [0.5, 0.6) is 0 Å². The van der Waals surface area contributed by atoms with Gasteiger partial charge in [-0.2, -0.15) is 0 Å². The molecule has 0 bridgehead atoms. The van der Waals surface area contributed by atoms with Crippen molar-refractivity contribution in [2.45, 2.75) is 37.5 Å². The van der Waals surface area contributed by atoms with Crippen LogP contribution in [0.1, 0.15) is 49.2 Å². The zero-order valence-corrected chi connectivity index (χ0v) is 30.7. The summed E-state index contributed by atoms with van der Waals surface area (Å²) in [4.78, 5) is 44.0. The zero-order chi connectivity index (χ0) is 38.4. The average Bonchev–Trinajstić information content (AvgIpc) is 3.67. The van der Waals surface area contributed by atoms with E-state index >= 15 is 0 Å². The van der Waals surface area contributed by atoms with Crippen LogP contribution in [0.2, 0.25) is 0 Å². The average molecular weight is 736 g/mol. The topological polar surface area (TPSA) is 187 Å². The Morgan fingerprint density at radius 3 is 1.45 bits per heavy atom. The number of carbonyl (C=O) groups is 2. The molecule has 0 spiro atoms. The van der Waals surface area contributed by atoms with Crippen LogP contribution in [-0.4, -0.2) is 63.3 Å². The predicted octanol–water partition coefficient (Wildman–Crippen LogP) is 7.26. The molecule has 0 radical (unpaired) electrons. The van der Waals surface area contributed by atoms with Gasteiger partial charge >= 0.3 is 11.9 Å². The molecule has 0 amide bonds. The number of pyridine rings is 3. The summed E-state index contributed by atoms with van der Waals surface area (Å²) in [5.74, 6) is -0.247. The zero-order valence-electron chi connectivity index (χ0n) is 30.7. The van der Waals surface area contributed by atoms with E-state index in [0.717, 1.165) is 90.6 Å². The van der Waals surface area contributed by atoms with Gasteiger partial charge in [-0.25, -0.2) is 9.97 Å². The highest BCUT2D eigenvalue weighted by molar-refractivity contribution is 6.04. The van der Waals surface area contributed by atoms with Gasteiger partial charge < -0.3 is 30.4 Å². The van der Waals surface area contributed by atoms with Crippen molar-refractivity contribution in [2.75, 3.05) is 18.1 Å². The number of aromatic nitrogens is 7. The quantitative estimate of drug-likeness (QED) is 0.130. The van der Waals surface area contributed by atoms with Gasteiger partial charge in [-0.05, 0) is 98.5 Å². The maximum absolute atomic E-state index is 10.2. The molecule has 2 saturated carbocycles. The molecular weight excluding hydrogens is 695 g/mol. The minimum atomic E-state index is -0.987. The third-order valence-electron chi connectivity index (χ3n) is 11.3. The Labute approximate surface area is 315 Å². The summed E-state index contributed by atoms with van der Waals surface area (Å²) in [5, 5.41) is 23.0. The molecule has 5 N–H and O–H groups in total. The summed E-state index contributed by atoms with van der Waals surface area (Å²) in [6.45, 7) is 0. The van der Waals surface area contributed by atoms with Gasteiger partial charge in [0.15, 0.2) is 0 Å². The lowest BCUT2D eigenvalue weighted by Crippen LogP contribution is -2.37. The molecule has 3 aromatic carbocycles. The molecule has 0 aliphatic heterocycles. The van der Waals surface area contributed by atoms with Crippen LogP contribution in [0.4, 0.5) is 11.4 Å². The number of anilines is 2. The molecular formula is C42H41N9O4. The summed E-state index contributed by atoms with van der Waals surface area (Å²) < 4.78 is 4.53. The third-order valence-corrected chi connectivity index (χ3v) is 11.3. The molecule has 5 aromatic heterocycles. The Kier molecular flexibility index (Phi) is 9.21. The predicted molar refractivity (Wildman–Crippen MR) is 214 cm³/mol. The Hall–Kier alpha value is -6.63. The number of nitrogen functional groups attached to an aromatic ring is 1. The number of aliphatic carboxylic acids is 2. The molecule has 5 heterocycles. The Morgan fingerprint density at radius 1 is 0.636 bits per heavy atom. The standard InChI is InChI=1S/C26H22N6.C10H11N3.C6H8O4/c1-31-21-11-9-19-17(5-3-13-27-19)23(21)29-25(31)15-7-8-16(15)26-30-24-18-6-4-14-28-20(18)10-12-22(24)32(26)2;1-12-9-5-4-8-7(10(9)11)3-2-6-13-8;7-5(8)3-1-2-4(3)6(9)10/h3-6,9-16H,7-8H2,1-2H3;2-6,12H,11H2,1H3;3-4H,1-2H2,(H,7,8)(H,9,10). The highest BCUT2D eigenvalue weighted by Gasteiger charge is 2.41. The number of nitrogens with two attached hydrogens (primary N) is 1. The van der Waals surface area contributed by atoms with Gasteiger partial charge in [0.2, 0.25) is 0 Å². The van der Waals surface area contributed by atoms with Gasteiger partial charge in [-0.3, -0.25) is 24.5 Å². The van der Waals surface area contributed by atoms with Crippen LogP contribution in [0.3, 0.4) is 0 Å². The van der Waals surface area contributed by atoms with Crippen LogP contribution in [0.25, 0.3) is 54.8 Å². The first-order chi connectivity index (χ1) is 26.7. The summed E-state index contributed by atoms with van der Waals surface area (Å²) in [6.07, 6.45) is 8.71. The maximum Gasteiger partial charge on any atom is 0.307 e. The van der Waals surface area contributed by atoms with Crippen LogP contribution < -0.4 is 11.1 Å². The SMILES string of the molecule is CNc1ccc2ncccc2c1N.Cn1c(C2CCC2c2nc3c4cccnc4ccc3n2C)nc2c3cccnc3ccc21.O=C(O)C1CCC1C(=O)O. The fourth-order valence-electron chi connectivity index (χ4n) is 7.92. The molecule has 55 heavy (non-hydrogen) atoms. The fourth-order valence-corrected chi connectivity index (χ4v) is 7.92. The van der Waals surface area contributed by atoms with Gasteiger partial charge in [-0.1, -0.05) is 0 Å². The Bertz CT molecular complexity index is 2610. The van der Waals surface area contributed by atoms with Crippen molar-refractivity contribution in [3.63, 3.8) is 0 Å². The molecule has 2 aliphatic carbocycles. The second-order valence-corrected chi connectivity index (χ2v) is 14.2. The lowest BCUT2D eigenvalue weighted by molar-refractivity contribution is -0.160. The highest BCUT2D eigenvalue weighted by Crippen LogP contribution is 2.49. The van der Waals surface area contributed by atoms with Crippen LogP contribution in [0.15, 0.2) is 91.4 Å². The number of imidazole rings is 2. The molecule has 2 aliphatic rings. The van der Waals surface area contributed by atoms with E-state index < -0.39 is 23.8 Å². The molecule has 2 fully saturated rings. The number of hydrogen-bond acceptors (Lipinski definition) is 9. The van der Waals surface area contributed by atoms with Crippen molar-refractivity contribution in [2.24, 2.45) is 25.9 Å². The summed E-state index contributed by atoms with van der Waals surface area (Å²) in [7, 11) is 6.13. The van der Waals surface area contributed by atoms with E-state index in [1.807, 2.05) is 55.8 Å². The molecule has 13 nitrogen and oxygen atoms in total. The van der Waals surface area contributed by atoms with Gasteiger partial charge in [0.1, 0.15) is 11.6 Å². The van der Waals surface area contributed by atoms with E-state index in [-0.39, 0.29) is 0 Å². The summed E-state index contributed by atoms with van der Waals surface area (Å²) >= 11 is 0. The Balaban J connectivity index is 0.000000152. The van der Waals surface area contributed by atoms with E-state index in [0.29, 0.717) is 24.7 Å². The third kappa shape index (κ3) is 6.20. The second-order valence-electron chi connectivity index (χ2n) is 14.2. The minimum absolute atomic E-state index is 0.360. The van der Waals surface area contributed by atoms with Crippen LogP contribution in [0, 0.1) is 11.8 Å². The normalized spacial score (nSPS) is 18.9. The van der Waals surface area contributed by atoms with E-state index in [1.165, 1.54) is 0 Å². The van der Waals surface area contributed by atoms with Crippen LogP contribution in [-0.2, 0) is 23.7 Å². The van der Waals surface area contributed by atoms with Crippen molar-refractivity contribution >= 4 is 78.1 Å². The number of hydrogen-bond donors (Lipinski definition) is 4. The lowest BCUT2D eigenvalue weighted by atomic mass is 9.72. The van der Waals surface area contributed by atoms with E-state index in [1.54, 1.807) is 6.20 Å². The number of carboxylic acid groups (broad SMARTS) is 2. The minimum Gasteiger partial charge on any atom is -0.481 e. The van der Waals surface area contributed by atoms with E-state index in [9.17, 15) is 9.59 Å². The first kappa shape index (κ1) is 35.4. The monoisotopic (exact) mass is 735 g/mol. The Morgan fingerprint density at radius 2 is 1.05 bits per heavy atom. The molecule has 13 heteroatoms. The van der Waals surface area contributed by atoms with Crippen LogP contribution >= 0.6 is 0 Å². The van der Waals surface area contributed by atoms with Crippen molar-refractivity contribution in [1.29, 1.82) is 0 Å². The number of fused-ring (bicyclic) bond motifs is 7. The molecule has 278 valence electrons. The number of rotatable bonds is 5. The molecule has 4 unspecified atom stereocenters. The van der Waals surface area contributed by atoms with Gasteiger partial charge in [0.25, 0.3) is 0 Å². The summed E-state index contributed by atoms with van der Waals surface area (Å²) in [6, 6.07) is 24.4. The van der Waals surface area contributed by atoms with E-state index in [2.05, 4.69) is 79.9 Å². The maximum atomic E-state index is 10.2. The van der Waals surface area contributed by atoms with E-state index in [4.69, 9.17) is 25.9 Å². The number of nitrogens with zero attached hydrogens (tertiary/aromatic N) is 7. The summed E-state index contributed by atoms with van der Waals surface area (Å²) in [5.41, 5.74) is 14.9. The number of aryl methyl sites for hydroxylation is 2. The van der Waals surface area contributed by atoms with Crippen molar-refractivity contribution in [3.05, 3.63) is 103 Å². The molecule has 10 rings (SSSR count). The smallest absolute Gasteiger partial charge is 0.307 e. The lowest BCUT2D eigenvalue weighted by Gasteiger charge is -2.35. The fraction of sp³-hybridized carbons (Fsp3) is 0.262.